The highest BCUT2D eigenvalue weighted by Gasteiger charge is 2.34. The minimum absolute atomic E-state index is 0.0373. The number of carbonyl (C=O) groups excluding carboxylic acids is 2. The molecule has 1 saturated heterocycles. The van der Waals surface area contributed by atoms with Gasteiger partial charge in [0.1, 0.15) is 11.4 Å². The van der Waals surface area contributed by atoms with Crippen LogP contribution in [0.1, 0.15) is 9.75 Å². The third kappa shape index (κ3) is 3.06. The van der Waals surface area contributed by atoms with Crippen LogP contribution in [0.5, 0.6) is 0 Å². The van der Waals surface area contributed by atoms with Crippen LogP contribution in [0.2, 0.25) is 0 Å². The fourth-order valence-electron chi connectivity index (χ4n) is 2.18. The van der Waals surface area contributed by atoms with Crippen LogP contribution in [-0.2, 0) is 9.59 Å². The molecule has 1 aromatic heterocycles. The number of carbonyl (C=O) groups is 2. The van der Waals surface area contributed by atoms with Crippen molar-refractivity contribution in [2.24, 2.45) is 0 Å². The summed E-state index contributed by atoms with van der Waals surface area (Å²) in [7, 11) is 0. The Balaban J connectivity index is 2.02. The van der Waals surface area contributed by atoms with Crippen LogP contribution < -0.4 is 10.2 Å². The molecule has 3 rings (SSSR count). The summed E-state index contributed by atoms with van der Waals surface area (Å²) in [5.41, 5.74) is 0.234. The number of anilines is 1. The molecular formula is C16H11FN2O2S2. The van der Waals surface area contributed by atoms with Crippen LogP contribution in [0.4, 0.5) is 10.1 Å². The van der Waals surface area contributed by atoms with E-state index in [1.54, 1.807) is 6.07 Å². The van der Waals surface area contributed by atoms with Gasteiger partial charge in [0.05, 0.1) is 5.69 Å². The number of nitrogens with zero attached hydrogens (tertiary/aromatic N) is 1. The van der Waals surface area contributed by atoms with Crippen LogP contribution >= 0.6 is 23.6 Å². The number of thiophene rings is 1. The van der Waals surface area contributed by atoms with E-state index in [1.165, 1.54) is 35.6 Å². The molecule has 1 aliphatic rings. The van der Waals surface area contributed by atoms with Crippen molar-refractivity contribution in [3.63, 3.8) is 0 Å². The van der Waals surface area contributed by atoms with E-state index in [0.717, 1.165) is 14.7 Å². The van der Waals surface area contributed by atoms with Crippen LogP contribution in [0.15, 0.2) is 42.0 Å². The van der Waals surface area contributed by atoms with Crippen LogP contribution in [0, 0.1) is 12.7 Å². The number of aryl methyl sites for hydroxylation is 1. The standard InChI is InChI=1S/C16H11FN2O2S2/c1-9-5-6-12(23-9)8-13-14(20)18-16(22)19(15(13)21)11-4-2-3-10(17)7-11/h2-8H,1H3,(H,18,20,22). The first kappa shape index (κ1) is 15.5. The van der Waals surface area contributed by atoms with Crippen molar-refractivity contribution < 1.29 is 14.0 Å². The lowest BCUT2D eigenvalue weighted by molar-refractivity contribution is -0.122. The molecule has 4 nitrogen and oxygen atoms in total. The molecule has 0 bridgehead atoms. The summed E-state index contributed by atoms with van der Waals surface area (Å²) in [5.74, 6) is -1.62. The number of rotatable bonds is 2. The zero-order valence-electron chi connectivity index (χ0n) is 12.0. The van der Waals surface area contributed by atoms with Gasteiger partial charge in [-0.05, 0) is 55.5 Å². The van der Waals surface area contributed by atoms with Gasteiger partial charge in [-0.2, -0.15) is 0 Å². The van der Waals surface area contributed by atoms with E-state index < -0.39 is 17.6 Å². The van der Waals surface area contributed by atoms with Crippen LogP contribution in [0.3, 0.4) is 0 Å². The number of hydrogen-bond donors (Lipinski definition) is 1. The maximum atomic E-state index is 13.4. The summed E-state index contributed by atoms with van der Waals surface area (Å²) in [6.45, 7) is 1.93. The number of nitrogens with one attached hydrogen (secondary N) is 1. The third-order valence-electron chi connectivity index (χ3n) is 3.22. The van der Waals surface area contributed by atoms with Crippen LogP contribution in [-0.4, -0.2) is 16.9 Å². The van der Waals surface area contributed by atoms with E-state index in [0.29, 0.717) is 0 Å². The Morgan fingerprint density at radius 2 is 2.04 bits per heavy atom. The number of thiocarbonyl (C=S) groups is 1. The monoisotopic (exact) mass is 346 g/mol. The predicted octanol–water partition coefficient (Wildman–Crippen LogP) is 3.03. The molecule has 2 heterocycles. The summed E-state index contributed by atoms with van der Waals surface area (Å²) in [5, 5.41) is 2.40. The molecule has 0 aliphatic carbocycles. The molecule has 0 saturated carbocycles. The van der Waals surface area contributed by atoms with Gasteiger partial charge in [-0.3, -0.25) is 19.8 Å². The zero-order valence-corrected chi connectivity index (χ0v) is 13.6. The highest BCUT2D eigenvalue weighted by molar-refractivity contribution is 7.80. The first-order valence-corrected chi connectivity index (χ1v) is 7.91. The van der Waals surface area contributed by atoms with E-state index in [4.69, 9.17) is 12.2 Å². The molecule has 116 valence electrons. The number of halogens is 1. The molecule has 7 heteroatoms. The molecule has 1 aromatic carbocycles. The number of benzene rings is 1. The quantitative estimate of drug-likeness (QED) is 0.517. The molecule has 0 spiro atoms. The van der Waals surface area contributed by atoms with Gasteiger partial charge in [-0.25, -0.2) is 4.39 Å². The second-order valence-corrected chi connectivity index (χ2v) is 6.59. The smallest absolute Gasteiger partial charge is 0.270 e. The molecule has 0 radical (unpaired) electrons. The van der Waals surface area contributed by atoms with E-state index in [1.807, 2.05) is 19.1 Å². The van der Waals surface area contributed by atoms with E-state index >= 15 is 0 Å². The van der Waals surface area contributed by atoms with Gasteiger partial charge in [0.25, 0.3) is 11.8 Å². The zero-order chi connectivity index (χ0) is 16.6. The number of amides is 2. The van der Waals surface area contributed by atoms with E-state index in [9.17, 15) is 14.0 Å². The largest absolute Gasteiger partial charge is 0.298 e. The molecule has 2 amide bonds. The molecule has 0 unspecified atom stereocenters. The second kappa shape index (κ2) is 6.02. The molecule has 23 heavy (non-hydrogen) atoms. The molecule has 0 atom stereocenters. The fourth-order valence-corrected chi connectivity index (χ4v) is 3.28. The van der Waals surface area contributed by atoms with Gasteiger partial charge >= 0.3 is 0 Å². The highest BCUT2D eigenvalue weighted by atomic mass is 32.1. The summed E-state index contributed by atoms with van der Waals surface area (Å²) >= 11 is 6.52. The van der Waals surface area contributed by atoms with Gasteiger partial charge in [0.2, 0.25) is 0 Å². The lowest BCUT2D eigenvalue weighted by Gasteiger charge is -2.28. The van der Waals surface area contributed by atoms with Crippen molar-refractivity contribution >= 4 is 52.2 Å². The van der Waals surface area contributed by atoms with E-state index in [2.05, 4.69) is 5.32 Å². The minimum Gasteiger partial charge on any atom is -0.298 e. The van der Waals surface area contributed by atoms with Crippen molar-refractivity contribution in [2.75, 3.05) is 4.90 Å². The SMILES string of the molecule is Cc1ccc(C=C2C(=O)NC(=S)N(c3cccc(F)c3)C2=O)s1. The van der Waals surface area contributed by atoms with Gasteiger partial charge < -0.3 is 0 Å². The van der Waals surface area contributed by atoms with Gasteiger partial charge in [-0.15, -0.1) is 11.3 Å². The molecular weight excluding hydrogens is 335 g/mol. The Labute approximate surface area is 141 Å². The highest BCUT2D eigenvalue weighted by Crippen LogP contribution is 2.24. The Bertz CT molecular complexity index is 857. The molecule has 1 fully saturated rings. The maximum Gasteiger partial charge on any atom is 0.270 e. The van der Waals surface area contributed by atoms with Crippen molar-refractivity contribution in [2.45, 2.75) is 6.92 Å². The molecule has 1 N–H and O–H groups in total. The van der Waals surface area contributed by atoms with Gasteiger partial charge in [-0.1, -0.05) is 6.07 Å². The molecule has 2 aromatic rings. The van der Waals surface area contributed by atoms with E-state index in [-0.39, 0.29) is 16.4 Å². The van der Waals surface area contributed by atoms with Crippen LogP contribution in [0.25, 0.3) is 6.08 Å². The normalized spacial score (nSPS) is 16.9. The first-order valence-electron chi connectivity index (χ1n) is 6.69. The average molecular weight is 346 g/mol. The summed E-state index contributed by atoms with van der Waals surface area (Å²) in [4.78, 5) is 27.7. The lowest BCUT2D eigenvalue weighted by Crippen LogP contribution is -2.54. The Hall–Kier alpha value is -2.38. The van der Waals surface area contributed by atoms with Crippen molar-refractivity contribution in [1.29, 1.82) is 0 Å². The summed E-state index contributed by atoms with van der Waals surface area (Å²) in [6.07, 6.45) is 1.52. The number of hydrogen-bond acceptors (Lipinski definition) is 4. The topological polar surface area (TPSA) is 49.4 Å². The maximum absolute atomic E-state index is 13.4. The van der Waals surface area contributed by atoms with Gasteiger partial charge in [0.15, 0.2) is 5.11 Å². The minimum atomic E-state index is -0.574. The molecule has 1 aliphatic heterocycles. The second-order valence-electron chi connectivity index (χ2n) is 4.89. The summed E-state index contributed by atoms with van der Waals surface area (Å²) < 4.78 is 13.4. The van der Waals surface area contributed by atoms with Crippen molar-refractivity contribution in [3.05, 3.63) is 57.5 Å². The van der Waals surface area contributed by atoms with Crippen molar-refractivity contribution in [3.8, 4) is 0 Å². The Morgan fingerprint density at radius 1 is 1.26 bits per heavy atom. The Kier molecular flexibility index (Phi) is 4.06. The lowest BCUT2D eigenvalue weighted by atomic mass is 10.1. The fraction of sp³-hybridized carbons (Fsp3) is 0.0625. The average Bonchev–Trinajstić information content (AvgIpc) is 2.89. The van der Waals surface area contributed by atoms with Crippen molar-refractivity contribution in [1.82, 2.24) is 5.32 Å². The Morgan fingerprint density at radius 3 is 2.70 bits per heavy atom. The summed E-state index contributed by atoms with van der Waals surface area (Å²) in [6, 6.07) is 9.21. The first-order chi connectivity index (χ1) is 11.0. The predicted molar refractivity (Wildman–Crippen MR) is 91.7 cm³/mol. The van der Waals surface area contributed by atoms with Gasteiger partial charge in [0, 0.05) is 9.75 Å². The third-order valence-corrected chi connectivity index (χ3v) is 4.45.